The van der Waals surface area contributed by atoms with Gasteiger partial charge in [0.15, 0.2) is 6.29 Å². The van der Waals surface area contributed by atoms with Crippen molar-refractivity contribution in [2.75, 3.05) is 14.2 Å². The Morgan fingerprint density at radius 3 is 2.61 bits per heavy atom. The molecule has 1 aromatic heterocycles. The number of aryl methyl sites for hydroxylation is 1. The van der Waals surface area contributed by atoms with Crippen molar-refractivity contribution in [3.05, 3.63) is 29.6 Å². The normalized spacial score (nSPS) is 10.2. The molecule has 1 heterocycles. The van der Waals surface area contributed by atoms with Gasteiger partial charge in [0.05, 0.1) is 19.8 Å². The van der Waals surface area contributed by atoms with Crippen LogP contribution in [0.15, 0.2) is 18.2 Å². The van der Waals surface area contributed by atoms with Gasteiger partial charge in [-0.2, -0.15) is 0 Å². The number of H-pyrrole nitrogens is 1. The van der Waals surface area contributed by atoms with E-state index in [1.54, 1.807) is 27.2 Å². The molecule has 0 saturated heterocycles. The number of aromatic nitrogens is 2. The molecule has 0 aliphatic heterocycles. The summed E-state index contributed by atoms with van der Waals surface area (Å²) in [7, 11) is 3.17. The third-order valence-electron chi connectivity index (χ3n) is 2.70. The highest BCUT2D eigenvalue weighted by Crippen LogP contribution is 2.31. The van der Waals surface area contributed by atoms with Gasteiger partial charge in [-0.25, -0.2) is 4.98 Å². The highest BCUT2D eigenvalue weighted by Gasteiger charge is 2.13. The number of aromatic amines is 1. The van der Waals surface area contributed by atoms with E-state index in [0.29, 0.717) is 23.0 Å². The van der Waals surface area contributed by atoms with E-state index in [1.165, 1.54) is 0 Å². The maximum Gasteiger partial charge on any atom is 0.170 e. The van der Waals surface area contributed by atoms with Crippen molar-refractivity contribution in [1.29, 1.82) is 0 Å². The van der Waals surface area contributed by atoms with E-state index in [1.807, 2.05) is 12.1 Å². The fourth-order valence-corrected chi connectivity index (χ4v) is 1.71. The van der Waals surface area contributed by atoms with Gasteiger partial charge in [-0.05, 0) is 19.1 Å². The second-order valence-electron chi connectivity index (χ2n) is 3.78. The largest absolute Gasteiger partial charge is 0.497 e. The molecule has 2 aromatic rings. The molecule has 2 rings (SSSR count). The molecular weight excluding hydrogens is 232 g/mol. The Morgan fingerprint density at radius 1 is 1.28 bits per heavy atom. The summed E-state index contributed by atoms with van der Waals surface area (Å²) in [4.78, 5) is 18.1. The predicted octanol–water partition coefficient (Wildman–Crippen LogP) is 2.21. The Bertz CT molecular complexity index is 576. The van der Waals surface area contributed by atoms with Crippen LogP contribution in [0.3, 0.4) is 0 Å². The van der Waals surface area contributed by atoms with Crippen molar-refractivity contribution < 1.29 is 14.3 Å². The van der Waals surface area contributed by atoms with Gasteiger partial charge >= 0.3 is 0 Å². The Hall–Kier alpha value is -2.30. The first kappa shape index (κ1) is 12.2. The second kappa shape index (κ2) is 4.91. The SMILES string of the molecule is COc1ccc(-c2nc(C=O)c(C)[nH]2)c(OC)c1. The summed E-state index contributed by atoms with van der Waals surface area (Å²) in [6.45, 7) is 1.80. The maximum atomic E-state index is 10.8. The minimum absolute atomic E-state index is 0.405. The highest BCUT2D eigenvalue weighted by molar-refractivity contribution is 5.76. The Balaban J connectivity index is 2.52. The van der Waals surface area contributed by atoms with E-state index in [2.05, 4.69) is 9.97 Å². The number of carbonyl (C=O) groups is 1. The lowest BCUT2D eigenvalue weighted by Crippen LogP contribution is -1.91. The molecule has 1 aromatic carbocycles. The van der Waals surface area contributed by atoms with Crippen molar-refractivity contribution in [2.24, 2.45) is 0 Å². The van der Waals surface area contributed by atoms with Crippen LogP contribution in [-0.2, 0) is 0 Å². The number of ether oxygens (including phenoxy) is 2. The average molecular weight is 246 g/mol. The number of methoxy groups -OCH3 is 2. The highest BCUT2D eigenvalue weighted by atomic mass is 16.5. The fourth-order valence-electron chi connectivity index (χ4n) is 1.71. The van der Waals surface area contributed by atoms with Gasteiger partial charge in [-0.1, -0.05) is 0 Å². The van der Waals surface area contributed by atoms with Crippen LogP contribution in [0.4, 0.5) is 0 Å². The number of aldehydes is 1. The topological polar surface area (TPSA) is 64.2 Å². The number of hydrogen-bond acceptors (Lipinski definition) is 4. The summed E-state index contributed by atoms with van der Waals surface area (Å²) in [5.74, 6) is 1.95. The van der Waals surface area contributed by atoms with Gasteiger partial charge in [0.1, 0.15) is 23.0 Å². The fraction of sp³-hybridized carbons (Fsp3) is 0.231. The van der Waals surface area contributed by atoms with E-state index in [-0.39, 0.29) is 0 Å². The number of nitrogens with one attached hydrogen (secondary N) is 1. The molecule has 94 valence electrons. The third-order valence-corrected chi connectivity index (χ3v) is 2.70. The van der Waals surface area contributed by atoms with Gasteiger partial charge in [0.25, 0.3) is 0 Å². The molecule has 0 radical (unpaired) electrons. The number of hydrogen-bond donors (Lipinski definition) is 1. The molecule has 0 aliphatic carbocycles. The summed E-state index contributed by atoms with van der Waals surface area (Å²) in [5.41, 5.74) is 1.93. The predicted molar refractivity (Wildman–Crippen MR) is 67.3 cm³/mol. The molecule has 0 aliphatic rings. The number of carbonyl (C=O) groups excluding carboxylic acids is 1. The van der Waals surface area contributed by atoms with Gasteiger partial charge in [-0.15, -0.1) is 0 Å². The van der Waals surface area contributed by atoms with E-state index >= 15 is 0 Å². The van der Waals surface area contributed by atoms with Crippen LogP contribution in [0.25, 0.3) is 11.4 Å². The van der Waals surface area contributed by atoms with Crippen LogP contribution in [0, 0.1) is 6.92 Å². The van der Waals surface area contributed by atoms with E-state index in [4.69, 9.17) is 9.47 Å². The first-order chi connectivity index (χ1) is 8.69. The van der Waals surface area contributed by atoms with Gasteiger partial charge in [0.2, 0.25) is 0 Å². The van der Waals surface area contributed by atoms with Crippen molar-refractivity contribution in [3.8, 4) is 22.9 Å². The molecule has 0 unspecified atom stereocenters. The minimum Gasteiger partial charge on any atom is -0.497 e. The summed E-state index contributed by atoms with van der Waals surface area (Å²) in [6, 6.07) is 5.43. The number of rotatable bonds is 4. The van der Waals surface area contributed by atoms with E-state index in [0.717, 1.165) is 17.5 Å². The molecule has 0 bridgehead atoms. The van der Waals surface area contributed by atoms with Crippen molar-refractivity contribution in [1.82, 2.24) is 9.97 Å². The average Bonchev–Trinajstić information content (AvgIpc) is 2.79. The first-order valence-electron chi connectivity index (χ1n) is 5.43. The molecule has 5 nitrogen and oxygen atoms in total. The van der Waals surface area contributed by atoms with Gasteiger partial charge in [-0.3, -0.25) is 4.79 Å². The zero-order valence-corrected chi connectivity index (χ0v) is 10.5. The molecule has 0 fully saturated rings. The molecular formula is C13H14N2O3. The maximum absolute atomic E-state index is 10.8. The summed E-state index contributed by atoms with van der Waals surface area (Å²) < 4.78 is 10.4. The lowest BCUT2D eigenvalue weighted by molar-refractivity contribution is 0.111. The number of benzene rings is 1. The molecule has 18 heavy (non-hydrogen) atoms. The quantitative estimate of drug-likeness (QED) is 0.840. The zero-order valence-electron chi connectivity index (χ0n) is 10.5. The molecule has 5 heteroatoms. The molecule has 0 amide bonds. The monoisotopic (exact) mass is 246 g/mol. The van der Waals surface area contributed by atoms with Gasteiger partial charge < -0.3 is 14.5 Å². The molecule has 0 spiro atoms. The van der Waals surface area contributed by atoms with Crippen LogP contribution in [-0.4, -0.2) is 30.5 Å². The Morgan fingerprint density at radius 2 is 2.06 bits per heavy atom. The standard InChI is InChI=1S/C13H14N2O3/c1-8-11(7-16)15-13(14-8)10-5-4-9(17-2)6-12(10)18-3/h4-7H,1-3H3,(H,14,15). The van der Waals surface area contributed by atoms with Crippen molar-refractivity contribution in [3.63, 3.8) is 0 Å². The number of imidazole rings is 1. The van der Waals surface area contributed by atoms with Crippen LogP contribution in [0.5, 0.6) is 11.5 Å². The summed E-state index contributed by atoms with van der Waals surface area (Å²) in [5, 5.41) is 0. The third kappa shape index (κ3) is 2.07. The van der Waals surface area contributed by atoms with Crippen LogP contribution in [0.1, 0.15) is 16.2 Å². The molecule has 1 N–H and O–H groups in total. The first-order valence-corrected chi connectivity index (χ1v) is 5.43. The van der Waals surface area contributed by atoms with Crippen molar-refractivity contribution in [2.45, 2.75) is 6.92 Å². The van der Waals surface area contributed by atoms with Gasteiger partial charge in [0, 0.05) is 11.8 Å². The van der Waals surface area contributed by atoms with Crippen LogP contribution in [0.2, 0.25) is 0 Å². The summed E-state index contributed by atoms with van der Waals surface area (Å²) >= 11 is 0. The summed E-state index contributed by atoms with van der Waals surface area (Å²) in [6.07, 6.45) is 0.728. The van der Waals surface area contributed by atoms with Crippen molar-refractivity contribution >= 4 is 6.29 Å². The van der Waals surface area contributed by atoms with Crippen LogP contribution >= 0.6 is 0 Å². The number of nitrogens with zero attached hydrogens (tertiary/aromatic N) is 1. The molecule has 0 atom stereocenters. The lowest BCUT2D eigenvalue weighted by atomic mass is 10.2. The Kier molecular flexibility index (Phi) is 3.32. The lowest BCUT2D eigenvalue weighted by Gasteiger charge is -2.08. The second-order valence-corrected chi connectivity index (χ2v) is 3.78. The smallest absolute Gasteiger partial charge is 0.170 e. The Labute approximate surface area is 105 Å². The zero-order chi connectivity index (χ0) is 13.1. The van der Waals surface area contributed by atoms with E-state index in [9.17, 15) is 4.79 Å². The molecule has 0 saturated carbocycles. The minimum atomic E-state index is 0.405. The van der Waals surface area contributed by atoms with Crippen LogP contribution < -0.4 is 9.47 Å². The van der Waals surface area contributed by atoms with E-state index < -0.39 is 0 Å².